The van der Waals surface area contributed by atoms with Crippen LogP contribution in [0.1, 0.15) is 24.5 Å². The van der Waals surface area contributed by atoms with Crippen LogP contribution in [0, 0.1) is 0 Å². The van der Waals surface area contributed by atoms with Crippen LogP contribution in [0.4, 0.5) is 5.69 Å². The molecule has 0 aliphatic heterocycles. The predicted octanol–water partition coefficient (Wildman–Crippen LogP) is 2.44. The van der Waals surface area contributed by atoms with E-state index in [-0.39, 0.29) is 24.2 Å². The van der Waals surface area contributed by atoms with Gasteiger partial charge in [-0.25, -0.2) is 0 Å². The van der Waals surface area contributed by atoms with Crippen molar-refractivity contribution in [3.8, 4) is 0 Å². The smallest absolute Gasteiger partial charge is 0.242 e. The van der Waals surface area contributed by atoms with E-state index in [4.69, 9.17) is 5.73 Å². The van der Waals surface area contributed by atoms with Crippen molar-refractivity contribution < 1.29 is 9.59 Å². The summed E-state index contributed by atoms with van der Waals surface area (Å²) >= 11 is 0. The maximum absolute atomic E-state index is 12.0. The van der Waals surface area contributed by atoms with Gasteiger partial charge in [-0.3, -0.25) is 9.59 Å². The fourth-order valence-electron chi connectivity index (χ4n) is 2.33. The van der Waals surface area contributed by atoms with Gasteiger partial charge in [0.15, 0.2) is 0 Å². The standard InChI is InChI=1S/C19H23N3O2.ClH/c1-14(19(24)21-13-15-7-3-2-4-8-15)22-18(23)12-11-16-9-5-6-10-17(16)20;/h2-10,14H,11-13,20H2,1H3,(H,21,24)(H,22,23);1H. The Morgan fingerprint density at radius 2 is 1.68 bits per heavy atom. The summed E-state index contributed by atoms with van der Waals surface area (Å²) < 4.78 is 0. The summed E-state index contributed by atoms with van der Waals surface area (Å²) in [7, 11) is 0. The quantitative estimate of drug-likeness (QED) is 0.662. The molecule has 0 fully saturated rings. The van der Waals surface area contributed by atoms with Gasteiger partial charge in [0.1, 0.15) is 6.04 Å². The van der Waals surface area contributed by atoms with Crippen LogP contribution in [-0.4, -0.2) is 17.9 Å². The molecule has 0 aromatic heterocycles. The van der Waals surface area contributed by atoms with Crippen molar-refractivity contribution in [1.29, 1.82) is 0 Å². The van der Waals surface area contributed by atoms with E-state index in [0.717, 1.165) is 11.1 Å². The van der Waals surface area contributed by atoms with Gasteiger partial charge >= 0.3 is 0 Å². The molecule has 2 aromatic carbocycles. The van der Waals surface area contributed by atoms with Gasteiger partial charge in [0.05, 0.1) is 0 Å². The molecule has 1 atom stereocenters. The monoisotopic (exact) mass is 361 g/mol. The zero-order valence-electron chi connectivity index (χ0n) is 14.2. The van der Waals surface area contributed by atoms with Crippen LogP contribution in [0.5, 0.6) is 0 Å². The average molecular weight is 362 g/mol. The van der Waals surface area contributed by atoms with E-state index in [2.05, 4.69) is 10.6 Å². The third-order valence-corrected chi connectivity index (χ3v) is 3.76. The average Bonchev–Trinajstić information content (AvgIpc) is 2.59. The number of hydrogen-bond donors (Lipinski definition) is 3. The number of nitrogen functional groups attached to an aromatic ring is 1. The second-order valence-corrected chi connectivity index (χ2v) is 5.69. The molecule has 0 radical (unpaired) electrons. The molecule has 2 rings (SSSR count). The molecule has 0 spiro atoms. The highest BCUT2D eigenvalue weighted by molar-refractivity contribution is 5.87. The minimum Gasteiger partial charge on any atom is -0.399 e. The molecule has 134 valence electrons. The first kappa shape index (κ1) is 20.5. The molecule has 0 aliphatic rings. The summed E-state index contributed by atoms with van der Waals surface area (Å²) in [5, 5.41) is 5.53. The number of para-hydroxylation sites is 1. The number of aryl methyl sites for hydroxylation is 1. The van der Waals surface area contributed by atoms with Crippen molar-refractivity contribution in [2.24, 2.45) is 0 Å². The molecule has 0 aliphatic carbocycles. The maximum atomic E-state index is 12.0. The first-order valence-corrected chi connectivity index (χ1v) is 8.00. The lowest BCUT2D eigenvalue weighted by molar-refractivity contribution is -0.128. The number of hydrogen-bond acceptors (Lipinski definition) is 3. The number of benzene rings is 2. The Morgan fingerprint density at radius 1 is 1.04 bits per heavy atom. The van der Waals surface area contributed by atoms with Crippen LogP contribution >= 0.6 is 12.4 Å². The van der Waals surface area contributed by atoms with Crippen LogP contribution in [0.15, 0.2) is 54.6 Å². The van der Waals surface area contributed by atoms with E-state index < -0.39 is 6.04 Å². The van der Waals surface area contributed by atoms with Crippen LogP contribution in [0.25, 0.3) is 0 Å². The van der Waals surface area contributed by atoms with Crippen molar-refractivity contribution in [2.75, 3.05) is 5.73 Å². The molecule has 25 heavy (non-hydrogen) atoms. The summed E-state index contributed by atoms with van der Waals surface area (Å²) in [6.07, 6.45) is 0.849. The Kier molecular flexibility index (Phi) is 8.50. The highest BCUT2D eigenvalue weighted by Crippen LogP contribution is 2.12. The molecular weight excluding hydrogens is 338 g/mol. The van der Waals surface area contributed by atoms with E-state index in [0.29, 0.717) is 25.1 Å². The number of nitrogens with two attached hydrogens (primary N) is 1. The van der Waals surface area contributed by atoms with Gasteiger partial charge in [0, 0.05) is 18.7 Å². The molecule has 0 saturated carbocycles. The number of amides is 2. The highest BCUT2D eigenvalue weighted by atomic mass is 35.5. The number of nitrogens with one attached hydrogen (secondary N) is 2. The van der Waals surface area contributed by atoms with Crippen LogP contribution in [0.3, 0.4) is 0 Å². The summed E-state index contributed by atoms with van der Waals surface area (Å²) in [6, 6.07) is 16.5. The van der Waals surface area contributed by atoms with Crippen molar-refractivity contribution in [1.82, 2.24) is 10.6 Å². The van der Waals surface area contributed by atoms with Gasteiger partial charge < -0.3 is 16.4 Å². The van der Waals surface area contributed by atoms with Gasteiger partial charge in [-0.15, -0.1) is 12.4 Å². The first-order valence-electron chi connectivity index (χ1n) is 8.00. The molecule has 2 aromatic rings. The topological polar surface area (TPSA) is 84.2 Å². The third kappa shape index (κ3) is 6.85. The van der Waals surface area contributed by atoms with Crippen molar-refractivity contribution in [3.05, 3.63) is 65.7 Å². The molecule has 4 N–H and O–H groups in total. The third-order valence-electron chi connectivity index (χ3n) is 3.76. The normalized spacial score (nSPS) is 11.1. The van der Waals surface area contributed by atoms with Crippen molar-refractivity contribution >= 4 is 29.9 Å². The minimum absolute atomic E-state index is 0. The fourth-order valence-corrected chi connectivity index (χ4v) is 2.33. The first-order chi connectivity index (χ1) is 11.6. The second-order valence-electron chi connectivity index (χ2n) is 5.69. The summed E-state index contributed by atoms with van der Waals surface area (Å²) in [4.78, 5) is 24.0. The molecule has 0 saturated heterocycles. The zero-order chi connectivity index (χ0) is 17.4. The van der Waals surface area contributed by atoms with Crippen molar-refractivity contribution in [2.45, 2.75) is 32.4 Å². The SMILES string of the molecule is CC(NC(=O)CCc1ccccc1N)C(=O)NCc1ccccc1.Cl. The molecule has 6 heteroatoms. The fraction of sp³-hybridized carbons (Fsp3) is 0.263. The lowest BCUT2D eigenvalue weighted by Crippen LogP contribution is -2.44. The van der Waals surface area contributed by atoms with E-state index in [1.807, 2.05) is 54.6 Å². The number of carbonyl (C=O) groups is 2. The zero-order valence-corrected chi connectivity index (χ0v) is 15.0. The number of halogens is 1. The molecule has 0 bridgehead atoms. The molecular formula is C19H24ClN3O2. The number of carbonyl (C=O) groups excluding carboxylic acids is 2. The van der Waals surface area contributed by atoms with Gasteiger partial charge in [-0.05, 0) is 30.5 Å². The lowest BCUT2D eigenvalue weighted by Gasteiger charge is -2.14. The Bertz CT molecular complexity index is 692. The number of rotatable bonds is 7. The Labute approximate surface area is 154 Å². The molecule has 2 amide bonds. The van der Waals surface area contributed by atoms with E-state index in [1.54, 1.807) is 6.92 Å². The predicted molar refractivity (Wildman–Crippen MR) is 102 cm³/mol. The molecule has 0 heterocycles. The van der Waals surface area contributed by atoms with E-state index >= 15 is 0 Å². The van der Waals surface area contributed by atoms with Crippen molar-refractivity contribution in [3.63, 3.8) is 0 Å². The van der Waals surface area contributed by atoms with Crippen LogP contribution < -0.4 is 16.4 Å². The molecule has 5 nitrogen and oxygen atoms in total. The van der Waals surface area contributed by atoms with Gasteiger partial charge in [-0.2, -0.15) is 0 Å². The minimum atomic E-state index is -0.575. The van der Waals surface area contributed by atoms with Gasteiger partial charge in [0.2, 0.25) is 11.8 Å². The lowest BCUT2D eigenvalue weighted by atomic mass is 10.1. The van der Waals surface area contributed by atoms with Gasteiger partial charge in [-0.1, -0.05) is 48.5 Å². The largest absolute Gasteiger partial charge is 0.399 e. The van der Waals surface area contributed by atoms with Crippen LogP contribution in [-0.2, 0) is 22.6 Å². The van der Waals surface area contributed by atoms with Crippen LogP contribution in [0.2, 0.25) is 0 Å². The molecule has 1 unspecified atom stereocenters. The summed E-state index contributed by atoms with van der Waals surface area (Å²) in [5.41, 5.74) is 8.49. The number of anilines is 1. The van der Waals surface area contributed by atoms with E-state index in [1.165, 1.54) is 0 Å². The Hall–Kier alpha value is -2.53. The van der Waals surface area contributed by atoms with E-state index in [9.17, 15) is 9.59 Å². The van der Waals surface area contributed by atoms with Gasteiger partial charge in [0.25, 0.3) is 0 Å². The summed E-state index contributed by atoms with van der Waals surface area (Å²) in [6.45, 7) is 2.12. The maximum Gasteiger partial charge on any atom is 0.242 e. The Morgan fingerprint density at radius 3 is 2.36 bits per heavy atom. The summed E-state index contributed by atoms with van der Waals surface area (Å²) in [5.74, 6) is -0.368. The highest BCUT2D eigenvalue weighted by Gasteiger charge is 2.15. The Balaban J connectivity index is 0.00000312. The second kappa shape index (κ2) is 10.4.